The monoisotopic (exact) mass is 178 g/mol. The first-order valence-electron chi connectivity index (χ1n) is 2.73. The highest BCUT2D eigenvalue weighted by molar-refractivity contribution is 7.82. The van der Waals surface area contributed by atoms with Gasteiger partial charge in [-0.15, -0.1) is 0 Å². The Hall–Kier alpha value is -0.260. The van der Waals surface area contributed by atoms with Gasteiger partial charge in [0.15, 0.2) is 0 Å². The third-order valence-electron chi connectivity index (χ3n) is 1.10. The molecule has 0 aliphatic rings. The SMILES string of the molecule is CC(O)C(C(N)=S)C(N)=S. The minimum Gasteiger partial charge on any atom is -0.393 e. The van der Waals surface area contributed by atoms with Gasteiger partial charge in [-0.1, -0.05) is 24.4 Å². The van der Waals surface area contributed by atoms with Crippen LogP contribution in [0.2, 0.25) is 0 Å². The van der Waals surface area contributed by atoms with Crippen LogP contribution in [0.3, 0.4) is 0 Å². The number of hydrogen-bond acceptors (Lipinski definition) is 3. The topological polar surface area (TPSA) is 72.3 Å². The van der Waals surface area contributed by atoms with E-state index in [4.69, 9.17) is 16.6 Å². The van der Waals surface area contributed by atoms with Crippen LogP contribution in [-0.2, 0) is 0 Å². The summed E-state index contributed by atoms with van der Waals surface area (Å²) in [7, 11) is 0. The minimum absolute atomic E-state index is 0.141. The van der Waals surface area contributed by atoms with Gasteiger partial charge in [0.25, 0.3) is 0 Å². The largest absolute Gasteiger partial charge is 0.393 e. The molecule has 0 radical (unpaired) electrons. The Bertz CT molecular complexity index is 144. The zero-order valence-electron chi connectivity index (χ0n) is 5.57. The second-order valence-electron chi connectivity index (χ2n) is 2.02. The molecule has 0 bridgehead atoms. The van der Waals surface area contributed by atoms with Crippen molar-refractivity contribution in [2.75, 3.05) is 0 Å². The van der Waals surface area contributed by atoms with E-state index in [0.29, 0.717) is 0 Å². The van der Waals surface area contributed by atoms with Crippen LogP contribution in [0.4, 0.5) is 0 Å². The molecule has 1 unspecified atom stereocenters. The number of aliphatic hydroxyl groups excluding tert-OH is 1. The van der Waals surface area contributed by atoms with Crippen molar-refractivity contribution < 1.29 is 5.11 Å². The van der Waals surface area contributed by atoms with Crippen LogP contribution in [0.25, 0.3) is 0 Å². The van der Waals surface area contributed by atoms with Crippen LogP contribution >= 0.6 is 24.4 Å². The molecule has 0 rings (SSSR count). The normalized spacial score (nSPS) is 13.1. The molecule has 1 atom stereocenters. The highest BCUT2D eigenvalue weighted by Crippen LogP contribution is 2.03. The van der Waals surface area contributed by atoms with Crippen LogP contribution in [0.1, 0.15) is 6.92 Å². The van der Waals surface area contributed by atoms with Gasteiger partial charge in [0, 0.05) is 0 Å². The van der Waals surface area contributed by atoms with Crippen molar-refractivity contribution in [1.29, 1.82) is 0 Å². The molecule has 0 aliphatic heterocycles. The van der Waals surface area contributed by atoms with Crippen molar-refractivity contribution in [3.05, 3.63) is 0 Å². The fraction of sp³-hybridized carbons (Fsp3) is 0.600. The average Bonchev–Trinajstić information content (AvgIpc) is 1.59. The maximum Gasteiger partial charge on any atom is 0.0853 e. The molecule has 0 aromatic rings. The Balaban J connectivity index is 4.27. The number of hydrogen-bond donors (Lipinski definition) is 3. The fourth-order valence-electron chi connectivity index (χ4n) is 0.616. The standard InChI is InChI=1S/C5H10N2OS2/c1-2(8)3(4(6)9)5(7)10/h2-3,8H,1H3,(H2,6,9)(H2,7,10). The van der Waals surface area contributed by atoms with Gasteiger partial charge in [-0.3, -0.25) is 0 Å². The molecule has 5 heteroatoms. The second kappa shape index (κ2) is 3.80. The van der Waals surface area contributed by atoms with Crippen LogP contribution in [0, 0.1) is 5.92 Å². The molecule has 0 fully saturated rings. The summed E-state index contributed by atoms with van der Waals surface area (Å²) >= 11 is 9.24. The third kappa shape index (κ3) is 2.55. The molecule has 0 heterocycles. The molecular weight excluding hydrogens is 168 g/mol. The zero-order valence-corrected chi connectivity index (χ0v) is 7.21. The number of nitrogens with two attached hydrogens (primary N) is 2. The molecule has 5 N–H and O–H groups in total. The van der Waals surface area contributed by atoms with Crippen LogP contribution in [-0.4, -0.2) is 21.2 Å². The third-order valence-corrected chi connectivity index (χ3v) is 1.60. The molecule has 0 aromatic carbocycles. The molecule has 0 saturated carbocycles. The Morgan fingerprint density at radius 3 is 1.60 bits per heavy atom. The van der Waals surface area contributed by atoms with Gasteiger partial charge in [0.05, 0.1) is 22.0 Å². The lowest BCUT2D eigenvalue weighted by Crippen LogP contribution is -2.39. The fourth-order valence-corrected chi connectivity index (χ4v) is 1.34. The molecule has 0 aromatic heterocycles. The van der Waals surface area contributed by atoms with Gasteiger partial charge in [-0.2, -0.15) is 0 Å². The first kappa shape index (κ1) is 9.74. The summed E-state index contributed by atoms with van der Waals surface area (Å²) in [5.74, 6) is -0.537. The van der Waals surface area contributed by atoms with Crippen molar-refractivity contribution in [1.82, 2.24) is 0 Å². The first-order valence-corrected chi connectivity index (χ1v) is 3.55. The van der Waals surface area contributed by atoms with Gasteiger partial charge in [0.1, 0.15) is 0 Å². The van der Waals surface area contributed by atoms with Crippen molar-refractivity contribution in [3.63, 3.8) is 0 Å². The van der Waals surface area contributed by atoms with Crippen molar-refractivity contribution >= 4 is 34.4 Å². The Morgan fingerprint density at radius 1 is 1.30 bits per heavy atom. The maximum absolute atomic E-state index is 9.02. The highest BCUT2D eigenvalue weighted by atomic mass is 32.1. The van der Waals surface area contributed by atoms with E-state index < -0.39 is 12.0 Å². The van der Waals surface area contributed by atoms with Gasteiger partial charge >= 0.3 is 0 Å². The van der Waals surface area contributed by atoms with E-state index in [1.54, 1.807) is 6.92 Å². The Labute approximate surface area is 70.4 Å². The smallest absolute Gasteiger partial charge is 0.0853 e. The summed E-state index contributed by atoms with van der Waals surface area (Å²) in [5.41, 5.74) is 10.5. The van der Waals surface area contributed by atoms with E-state index in [9.17, 15) is 0 Å². The predicted molar refractivity (Wildman–Crippen MR) is 48.7 cm³/mol. The van der Waals surface area contributed by atoms with Crippen LogP contribution in [0.15, 0.2) is 0 Å². The minimum atomic E-state index is -0.699. The maximum atomic E-state index is 9.02. The number of rotatable bonds is 3. The van der Waals surface area contributed by atoms with Gasteiger partial charge in [0.2, 0.25) is 0 Å². The van der Waals surface area contributed by atoms with E-state index >= 15 is 0 Å². The first-order chi connectivity index (χ1) is 4.46. The molecular formula is C5H10N2OS2. The van der Waals surface area contributed by atoms with Crippen molar-refractivity contribution in [2.24, 2.45) is 17.4 Å². The van der Waals surface area contributed by atoms with E-state index in [2.05, 4.69) is 24.4 Å². The van der Waals surface area contributed by atoms with Crippen LogP contribution in [0.5, 0.6) is 0 Å². The Morgan fingerprint density at radius 2 is 1.60 bits per heavy atom. The van der Waals surface area contributed by atoms with Crippen molar-refractivity contribution in [3.8, 4) is 0 Å². The molecule has 0 spiro atoms. The molecule has 58 valence electrons. The Kier molecular flexibility index (Phi) is 3.70. The summed E-state index contributed by atoms with van der Waals surface area (Å²) in [6.07, 6.45) is -0.699. The molecule has 0 saturated heterocycles. The van der Waals surface area contributed by atoms with Gasteiger partial charge in [-0.05, 0) is 6.92 Å². The van der Waals surface area contributed by atoms with Crippen molar-refractivity contribution in [2.45, 2.75) is 13.0 Å². The van der Waals surface area contributed by atoms with E-state index in [1.165, 1.54) is 0 Å². The molecule has 10 heavy (non-hydrogen) atoms. The average molecular weight is 178 g/mol. The summed E-state index contributed by atoms with van der Waals surface area (Å²) in [6.45, 7) is 1.54. The summed E-state index contributed by atoms with van der Waals surface area (Å²) < 4.78 is 0. The summed E-state index contributed by atoms with van der Waals surface area (Å²) in [6, 6.07) is 0. The summed E-state index contributed by atoms with van der Waals surface area (Å²) in [5, 5.41) is 9.02. The van der Waals surface area contributed by atoms with E-state index in [-0.39, 0.29) is 9.98 Å². The van der Waals surface area contributed by atoms with E-state index in [1.807, 2.05) is 0 Å². The predicted octanol–water partition coefficient (Wildman–Crippen LogP) is -0.444. The lowest BCUT2D eigenvalue weighted by molar-refractivity contribution is 0.183. The van der Waals surface area contributed by atoms with Gasteiger partial charge < -0.3 is 16.6 Å². The number of thiocarbonyl (C=S) groups is 2. The second-order valence-corrected chi connectivity index (χ2v) is 2.97. The lowest BCUT2D eigenvalue weighted by atomic mass is 10.0. The molecule has 0 aliphatic carbocycles. The molecule has 3 nitrogen and oxygen atoms in total. The van der Waals surface area contributed by atoms with Crippen LogP contribution < -0.4 is 11.5 Å². The van der Waals surface area contributed by atoms with E-state index in [0.717, 1.165) is 0 Å². The quantitative estimate of drug-likeness (QED) is 0.511. The summed E-state index contributed by atoms with van der Waals surface area (Å²) in [4.78, 5) is 0.282. The molecule has 0 amide bonds. The highest BCUT2D eigenvalue weighted by Gasteiger charge is 2.20. The lowest BCUT2D eigenvalue weighted by Gasteiger charge is -2.15. The van der Waals surface area contributed by atoms with Gasteiger partial charge in [-0.25, -0.2) is 0 Å². The number of aliphatic hydroxyl groups is 1. The zero-order chi connectivity index (χ0) is 8.31.